The fourth-order valence-electron chi connectivity index (χ4n) is 2.38. The molecule has 2 rings (SSSR count). The first-order valence-corrected chi connectivity index (χ1v) is 8.42. The number of carbonyl (C=O) groups excluding carboxylic acids is 2. The molecule has 8 heteroatoms. The largest absolute Gasteiger partial charge is 0.489 e. The molecule has 0 saturated carbocycles. The molecule has 2 aromatic carbocycles. The summed E-state index contributed by atoms with van der Waals surface area (Å²) in [6.07, 6.45) is 0. The van der Waals surface area contributed by atoms with Gasteiger partial charge in [0.1, 0.15) is 0 Å². The SMILES string of the molecule is CC(=O)c1ccccc1B(O)O.CC(C)(C)C(=O)c1ccccc1B(O)O. The third kappa shape index (κ3) is 6.45. The van der Waals surface area contributed by atoms with Gasteiger partial charge in [0, 0.05) is 16.5 Å². The number of hydrogen-bond acceptors (Lipinski definition) is 6. The number of Topliss-reactive ketones (excluding diaryl/α,β-unsaturated/α-hetero) is 2. The van der Waals surface area contributed by atoms with E-state index in [0.717, 1.165) is 0 Å². The minimum atomic E-state index is -1.60. The van der Waals surface area contributed by atoms with Crippen molar-refractivity contribution in [2.75, 3.05) is 0 Å². The Morgan fingerprint density at radius 2 is 1.11 bits per heavy atom. The Bertz CT molecular complexity index is 797. The van der Waals surface area contributed by atoms with E-state index in [0.29, 0.717) is 11.1 Å². The smallest absolute Gasteiger partial charge is 0.423 e. The summed E-state index contributed by atoms with van der Waals surface area (Å²) in [7, 11) is -3.18. The lowest BCUT2D eigenvalue weighted by Gasteiger charge is -2.18. The van der Waals surface area contributed by atoms with Gasteiger partial charge in [-0.3, -0.25) is 9.59 Å². The number of benzene rings is 2. The molecule has 0 aliphatic rings. The maximum absolute atomic E-state index is 12.0. The van der Waals surface area contributed by atoms with Crippen LogP contribution in [0.25, 0.3) is 0 Å². The Kier molecular flexibility index (Phi) is 8.12. The van der Waals surface area contributed by atoms with Crippen molar-refractivity contribution in [3.05, 3.63) is 59.7 Å². The summed E-state index contributed by atoms with van der Waals surface area (Å²) in [4.78, 5) is 22.9. The van der Waals surface area contributed by atoms with Gasteiger partial charge in [0.25, 0.3) is 0 Å². The molecule has 6 nitrogen and oxygen atoms in total. The molecule has 0 aliphatic heterocycles. The highest BCUT2D eigenvalue weighted by Gasteiger charge is 2.27. The predicted molar refractivity (Wildman–Crippen MR) is 106 cm³/mol. The third-order valence-corrected chi connectivity index (χ3v) is 3.78. The quantitative estimate of drug-likeness (QED) is 0.451. The molecule has 4 N–H and O–H groups in total. The van der Waals surface area contributed by atoms with Gasteiger partial charge in [-0.05, 0) is 17.8 Å². The molecule has 0 aliphatic carbocycles. The van der Waals surface area contributed by atoms with Crippen LogP contribution in [0.4, 0.5) is 0 Å². The van der Waals surface area contributed by atoms with Gasteiger partial charge in [0.05, 0.1) is 0 Å². The predicted octanol–water partition coefficient (Wildman–Crippen LogP) is 0.164. The molecule has 0 aromatic heterocycles. The Balaban J connectivity index is 0.000000277. The van der Waals surface area contributed by atoms with Crippen molar-refractivity contribution in [2.24, 2.45) is 5.41 Å². The van der Waals surface area contributed by atoms with Gasteiger partial charge in [0.15, 0.2) is 11.6 Å². The highest BCUT2D eigenvalue weighted by molar-refractivity contribution is 6.60. The Labute approximate surface area is 159 Å². The van der Waals surface area contributed by atoms with Crippen LogP contribution >= 0.6 is 0 Å². The summed E-state index contributed by atoms with van der Waals surface area (Å²) >= 11 is 0. The van der Waals surface area contributed by atoms with Gasteiger partial charge >= 0.3 is 14.2 Å². The maximum Gasteiger partial charge on any atom is 0.489 e. The zero-order valence-corrected chi connectivity index (χ0v) is 15.9. The molecule has 0 unspecified atom stereocenters. The summed E-state index contributed by atoms with van der Waals surface area (Å²) in [5, 5.41) is 36.0. The van der Waals surface area contributed by atoms with Crippen LogP contribution in [0.5, 0.6) is 0 Å². The van der Waals surface area contributed by atoms with Crippen LogP contribution in [0.3, 0.4) is 0 Å². The normalized spacial score (nSPS) is 10.5. The van der Waals surface area contributed by atoms with Crippen molar-refractivity contribution >= 4 is 36.7 Å². The molecule has 0 radical (unpaired) electrons. The molecule has 0 spiro atoms. The summed E-state index contributed by atoms with van der Waals surface area (Å²) < 4.78 is 0. The first-order chi connectivity index (χ1) is 12.5. The Morgan fingerprint density at radius 1 is 0.741 bits per heavy atom. The van der Waals surface area contributed by atoms with E-state index in [1.54, 1.807) is 63.2 Å². The summed E-state index contributed by atoms with van der Waals surface area (Å²) in [5.41, 5.74) is 0.722. The van der Waals surface area contributed by atoms with Crippen LogP contribution in [0, 0.1) is 5.41 Å². The van der Waals surface area contributed by atoms with E-state index in [-0.39, 0.29) is 22.5 Å². The zero-order valence-electron chi connectivity index (χ0n) is 15.9. The van der Waals surface area contributed by atoms with Gasteiger partial charge in [-0.25, -0.2) is 0 Å². The molecule has 2 aromatic rings. The standard InChI is InChI=1S/C11H15BO3.C8H9BO3/c1-11(2,3)10(13)8-6-4-5-7-9(8)12(14)15;1-6(10)7-4-2-3-5-8(7)9(11)12/h4-7,14-15H,1-3H3;2-5,11-12H,1H3. The van der Waals surface area contributed by atoms with Gasteiger partial charge in [-0.15, -0.1) is 0 Å². The second-order valence-electron chi connectivity index (χ2n) is 7.06. The minimum absolute atomic E-state index is 0.0915. The number of ketones is 2. The Hall–Kier alpha value is -2.25. The van der Waals surface area contributed by atoms with Crippen molar-refractivity contribution in [3.8, 4) is 0 Å². The number of hydrogen-bond donors (Lipinski definition) is 4. The molecule has 142 valence electrons. The lowest BCUT2D eigenvalue weighted by Crippen LogP contribution is -2.37. The van der Waals surface area contributed by atoms with Crippen LogP contribution in [0.15, 0.2) is 48.5 Å². The lowest BCUT2D eigenvalue weighted by atomic mass is 9.73. The molecule has 27 heavy (non-hydrogen) atoms. The average molecular weight is 370 g/mol. The number of carbonyl (C=O) groups is 2. The molecular formula is C19H24B2O6. The van der Waals surface area contributed by atoms with Crippen LogP contribution in [0.1, 0.15) is 48.4 Å². The topological polar surface area (TPSA) is 115 Å². The molecule has 0 amide bonds. The maximum atomic E-state index is 12.0. The van der Waals surface area contributed by atoms with E-state index in [1.165, 1.54) is 13.0 Å². The lowest BCUT2D eigenvalue weighted by molar-refractivity contribution is 0.0859. The van der Waals surface area contributed by atoms with E-state index >= 15 is 0 Å². The molecule has 0 saturated heterocycles. The van der Waals surface area contributed by atoms with Gasteiger partial charge in [-0.2, -0.15) is 0 Å². The summed E-state index contributed by atoms with van der Waals surface area (Å²) in [6.45, 7) is 6.79. The van der Waals surface area contributed by atoms with Crippen LogP contribution in [0.2, 0.25) is 0 Å². The van der Waals surface area contributed by atoms with Crippen molar-refractivity contribution in [1.82, 2.24) is 0 Å². The van der Waals surface area contributed by atoms with Crippen LogP contribution in [-0.2, 0) is 0 Å². The highest BCUT2D eigenvalue weighted by Crippen LogP contribution is 2.19. The van der Waals surface area contributed by atoms with Gasteiger partial charge in [-0.1, -0.05) is 69.3 Å². The summed E-state index contributed by atoms with van der Waals surface area (Å²) in [5.74, 6) is -0.259. The minimum Gasteiger partial charge on any atom is -0.423 e. The fourth-order valence-corrected chi connectivity index (χ4v) is 2.38. The second kappa shape index (κ2) is 9.62. The molecule has 0 fully saturated rings. The molecule has 0 atom stereocenters. The highest BCUT2D eigenvalue weighted by atomic mass is 16.4. The van der Waals surface area contributed by atoms with E-state index in [1.807, 2.05) is 0 Å². The van der Waals surface area contributed by atoms with Crippen LogP contribution in [-0.4, -0.2) is 45.9 Å². The molecule has 0 heterocycles. The first-order valence-electron chi connectivity index (χ1n) is 8.42. The fraction of sp³-hybridized carbons (Fsp3) is 0.263. The second-order valence-corrected chi connectivity index (χ2v) is 7.06. The number of rotatable bonds is 4. The van der Waals surface area contributed by atoms with Gasteiger partial charge < -0.3 is 20.1 Å². The van der Waals surface area contributed by atoms with Crippen molar-refractivity contribution in [3.63, 3.8) is 0 Å². The van der Waals surface area contributed by atoms with Crippen LogP contribution < -0.4 is 10.9 Å². The van der Waals surface area contributed by atoms with E-state index in [2.05, 4.69) is 0 Å². The van der Waals surface area contributed by atoms with E-state index < -0.39 is 19.7 Å². The zero-order chi connectivity index (χ0) is 20.8. The van der Waals surface area contributed by atoms with Crippen molar-refractivity contribution in [2.45, 2.75) is 27.7 Å². The third-order valence-electron chi connectivity index (χ3n) is 3.78. The van der Waals surface area contributed by atoms with E-state index in [4.69, 9.17) is 20.1 Å². The van der Waals surface area contributed by atoms with Crippen molar-refractivity contribution < 1.29 is 29.7 Å². The monoisotopic (exact) mass is 370 g/mol. The molecule has 0 bridgehead atoms. The van der Waals surface area contributed by atoms with E-state index in [9.17, 15) is 9.59 Å². The Morgan fingerprint density at radius 3 is 1.44 bits per heavy atom. The van der Waals surface area contributed by atoms with Gasteiger partial charge in [0.2, 0.25) is 0 Å². The summed E-state index contributed by atoms with van der Waals surface area (Å²) in [6, 6.07) is 13.0. The average Bonchev–Trinajstić information content (AvgIpc) is 2.60. The molecular weight excluding hydrogens is 346 g/mol. The first kappa shape index (κ1) is 22.8. The van der Waals surface area contributed by atoms with Crippen molar-refractivity contribution in [1.29, 1.82) is 0 Å².